The second-order valence-electron chi connectivity index (χ2n) is 7.10. The lowest BCUT2D eigenvalue weighted by Crippen LogP contribution is -2.35. The maximum atomic E-state index is 7.32. The predicted octanol–water partition coefficient (Wildman–Crippen LogP) is 5.86. The highest BCUT2D eigenvalue weighted by atomic mass is 16.3. The van der Waals surface area contributed by atoms with Crippen molar-refractivity contribution in [3.8, 4) is 11.3 Å². The molecule has 0 spiro atoms. The second kappa shape index (κ2) is 5.71. The van der Waals surface area contributed by atoms with Gasteiger partial charge in [0.2, 0.25) is 5.69 Å². The molecule has 0 atom stereocenters. The molecule has 2 aromatic carbocycles. The molecule has 3 nitrogen and oxygen atoms in total. The van der Waals surface area contributed by atoms with E-state index < -0.39 is 0 Å². The van der Waals surface area contributed by atoms with E-state index in [-0.39, 0.29) is 0 Å². The molecule has 0 amide bonds. The molecule has 0 bridgehead atoms. The average molecular weight is 341 g/mol. The summed E-state index contributed by atoms with van der Waals surface area (Å²) in [6, 6.07) is 12.5. The van der Waals surface area contributed by atoms with E-state index in [1.807, 2.05) is 19.1 Å². The summed E-state index contributed by atoms with van der Waals surface area (Å²) < 4.78 is 8.53. The average Bonchev–Trinajstić information content (AvgIpc) is 2.97. The number of rotatable bonds is 1. The topological polar surface area (TPSA) is 21.4 Å². The van der Waals surface area contributed by atoms with Gasteiger partial charge in [-0.05, 0) is 43.5 Å². The van der Waals surface area contributed by atoms with Gasteiger partial charge in [-0.2, -0.15) is 4.57 Å². The Morgan fingerprint density at radius 1 is 0.962 bits per heavy atom. The zero-order valence-electron chi connectivity index (χ0n) is 15.8. The van der Waals surface area contributed by atoms with Crippen molar-refractivity contribution in [1.29, 1.82) is 0 Å². The number of aryl methyl sites for hydroxylation is 4. The molecule has 0 aliphatic carbocycles. The maximum Gasteiger partial charge on any atom is 0.216 e. The molecule has 0 radical (unpaired) electrons. The van der Waals surface area contributed by atoms with Crippen molar-refractivity contribution in [2.24, 2.45) is 7.05 Å². The minimum absolute atomic E-state index is 0.615. The van der Waals surface area contributed by atoms with Gasteiger partial charge in [0.15, 0.2) is 11.4 Å². The van der Waals surface area contributed by atoms with E-state index in [0.717, 1.165) is 38.8 Å². The van der Waals surface area contributed by atoms with E-state index >= 15 is 0 Å². The molecule has 128 valence electrons. The Morgan fingerprint density at radius 2 is 1.73 bits per heavy atom. The van der Waals surface area contributed by atoms with Crippen LogP contribution in [0.25, 0.3) is 38.0 Å². The molecule has 0 saturated heterocycles. The Bertz CT molecular complexity index is 1240. The lowest BCUT2D eigenvalue weighted by atomic mass is 9.98. The molecule has 0 fully saturated rings. The summed E-state index contributed by atoms with van der Waals surface area (Å²) in [7, 11) is 2.09. The fraction of sp³-hybridized carbons (Fsp3) is 0.217. The van der Waals surface area contributed by atoms with Gasteiger partial charge in [0, 0.05) is 29.8 Å². The first-order valence-electron chi connectivity index (χ1n) is 8.72. The number of nitrogens with zero attached hydrogens (tertiary/aromatic N) is 2. The van der Waals surface area contributed by atoms with Crippen LogP contribution in [0.4, 0.5) is 5.69 Å². The molecule has 3 heteroatoms. The summed E-state index contributed by atoms with van der Waals surface area (Å²) in [5.74, 6) is 0. The normalized spacial score (nSPS) is 11.2. The molecule has 26 heavy (non-hydrogen) atoms. The van der Waals surface area contributed by atoms with Crippen LogP contribution in [0, 0.1) is 34.3 Å². The van der Waals surface area contributed by atoms with Crippen LogP contribution in [0.1, 0.15) is 22.4 Å². The molecule has 0 saturated carbocycles. The van der Waals surface area contributed by atoms with Crippen molar-refractivity contribution in [3.05, 3.63) is 70.2 Å². The zero-order valence-corrected chi connectivity index (χ0v) is 15.8. The van der Waals surface area contributed by atoms with Gasteiger partial charge >= 0.3 is 0 Å². The van der Waals surface area contributed by atoms with E-state index in [4.69, 9.17) is 11.0 Å². The van der Waals surface area contributed by atoms with Crippen LogP contribution in [-0.4, -0.2) is 0 Å². The summed E-state index contributed by atoms with van der Waals surface area (Å²) in [6.07, 6.45) is 0. The lowest BCUT2D eigenvalue weighted by Gasteiger charge is -2.08. The van der Waals surface area contributed by atoms with E-state index in [2.05, 4.69) is 61.5 Å². The van der Waals surface area contributed by atoms with E-state index in [0.29, 0.717) is 5.69 Å². The predicted molar refractivity (Wildman–Crippen MR) is 106 cm³/mol. The molecular formula is C23H21N2O+. The van der Waals surface area contributed by atoms with Crippen molar-refractivity contribution in [2.75, 3.05) is 0 Å². The molecular weight excluding hydrogens is 320 g/mol. The second-order valence-corrected chi connectivity index (χ2v) is 7.10. The van der Waals surface area contributed by atoms with Gasteiger partial charge in [0.1, 0.15) is 18.2 Å². The van der Waals surface area contributed by atoms with Crippen LogP contribution in [0.2, 0.25) is 0 Å². The Hall–Kier alpha value is -3.12. The number of pyridine rings is 1. The number of hydrogen-bond acceptors (Lipinski definition) is 1. The van der Waals surface area contributed by atoms with Crippen molar-refractivity contribution in [2.45, 2.75) is 27.7 Å². The molecule has 4 aromatic rings. The Labute approximate surface area is 153 Å². The molecule has 2 heterocycles. The summed E-state index contributed by atoms with van der Waals surface area (Å²) in [5, 5.41) is 2.20. The fourth-order valence-corrected chi connectivity index (χ4v) is 3.85. The smallest absolute Gasteiger partial charge is 0.216 e. The molecule has 0 N–H and O–H groups in total. The van der Waals surface area contributed by atoms with Crippen LogP contribution < -0.4 is 4.57 Å². The summed E-state index contributed by atoms with van der Waals surface area (Å²) in [5.41, 5.74) is 9.25. The Morgan fingerprint density at radius 3 is 2.46 bits per heavy atom. The molecule has 4 rings (SSSR count). The van der Waals surface area contributed by atoms with E-state index in [9.17, 15) is 0 Å². The fourth-order valence-electron chi connectivity index (χ4n) is 3.85. The van der Waals surface area contributed by atoms with Gasteiger partial charge in [0.05, 0.1) is 12.1 Å². The highest BCUT2D eigenvalue weighted by Gasteiger charge is 2.22. The van der Waals surface area contributed by atoms with Crippen LogP contribution in [-0.2, 0) is 7.05 Å². The first-order valence-corrected chi connectivity index (χ1v) is 8.72. The number of hydrogen-bond donors (Lipinski definition) is 0. The highest BCUT2D eigenvalue weighted by Crippen LogP contribution is 2.39. The first kappa shape index (κ1) is 16.4. The Kier molecular flexibility index (Phi) is 3.59. The van der Waals surface area contributed by atoms with Crippen molar-refractivity contribution < 1.29 is 8.98 Å². The third-order valence-corrected chi connectivity index (χ3v) is 5.21. The largest absolute Gasteiger partial charge is 0.456 e. The van der Waals surface area contributed by atoms with Gasteiger partial charge in [-0.15, -0.1) is 0 Å². The standard InChI is InChI=1S/C23H21N2O/c1-13-9-16(4)25(6)19(10-13)22-14(2)7-8-18-21-15(3)11-17(24-5)12-20(21)26-23(18)22/h7-12H,1-4,6H3/q+1. The monoisotopic (exact) mass is 341 g/mol. The zero-order chi connectivity index (χ0) is 18.6. The highest BCUT2D eigenvalue weighted by molar-refractivity contribution is 6.11. The Balaban J connectivity index is 2.18. The molecule has 0 aliphatic rings. The van der Waals surface area contributed by atoms with Gasteiger partial charge in [-0.25, -0.2) is 4.85 Å². The quantitative estimate of drug-likeness (QED) is 0.314. The van der Waals surface area contributed by atoms with Crippen LogP contribution >= 0.6 is 0 Å². The van der Waals surface area contributed by atoms with E-state index in [1.54, 1.807) is 0 Å². The lowest BCUT2D eigenvalue weighted by molar-refractivity contribution is -0.666. The molecule has 2 aromatic heterocycles. The summed E-state index contributed by atoms with van der Waals surface area (Å²) >= 11 is 0. The SMILES string of the molecule is [C-]#[N+]c1cc(C)c2c(c1)oc1c(-c3cc(C)cc(C)[n+]3C)c(C)ccc12. The van der Waals surface area contributed by atoms with Gasteiger partial charge in [-0.1, -0.05) is 18.2 Å². The minimum Gasteiger partial charge on any atom is -0.456 e. The summed E-state index contributed by atoms with van der Waals surface area (Å²) in [6.45, 7) is 15.7. The number of fused-ring (bicyclic) bond motifs is 3. The van der Waals surface area contributed by atoms with Gasteiger partial charge in [0.25, 0.3) is 0 Å². The summed E-state index contributed by atoms with van der Waals surface area (Å²) in [4.78, 5) is 3.57. The third-order valence-electron chi connectivity index (χ3n) is 5.21. The van der Waals surface area contributed by atoms with Gasteiger partial charge < -0.3 is 4.42 Å². The van der Waals surface area contributed by atoms with E-state index in [1.165, 1.54) is 16.8 Å². The first-order chi connectivity index (χ1) is 12.4. The van der Waals surface area contributed by atoms with Crippen LogP contribution in [0.5, 0.6) is 0 Å². The molecule has 0 aliphatic heterocycles. The van der Waals surface area contributed by atoms with Crippen molar-refractivity contribution in [3.63, 3.8) is 0 Å². The number of benzene rings is 2. The van der Waals surface area contributed by atoms with Crippen molar-refractivity contribution >= 4 is 27.6 Å². The maximum absolute atomic E-state index is 7.32. The number of aromatic nitrogens is 1. The van der Waals surface area contributed by atoms with Crippen molar-refractivity contribution in [1.82, 2.24) is 0 Å². The van der Waals surface area contributed by atoms with Crippen LogP contribution in [0.3, 0.4) is 0 Å². The van der Waals surface area contributed by atoms with Crippen LogP contribution in [0.15, 0.2) is 40.8 Å². The minimum atomic E-state index is 0.615. The third kappa shape index (κ3) is 2.30. The molecule has 0 unspecified atom stereocenters. The van der Waals surface area contributed by atoms with Gasteiger partial charge in [-0.3, -0.25) is 0 Å². The number of furan rings is 1.